The molecule has 1 unspecified atom stereocenters. The molecular formula is C18H20N2O3. The highest BCUT2D eigenvalue weighted by Crippen LogP contribution is 2.21. The molecule has 2 aromatic rings. The van der Waals surface area contributed by atoms with Crippen LogP contribution in [0, 0.1) is 30.9 Å². The van der Waals surface area contributed by atoms with E-state index in [1.807, 2.05) is 39.0 Å². The van der Waals surface area contributed by atoms with E-state index in [-0.39, 0.29) is 23.2 Å². The Morgan fingerprint density at radius 1 is 1.04 bits per heavy atom. The first-order chi connectivity index (χ1) is 10.8. The monoisotopic (exact) mass is 312 g/mol. The number of carbonyl (C=O) groups excluding carboxylic acids is 1. The van der Waals surface area contributed by atoms with E-state index in [2.05, 4.69) is 5.32 Å². The van der Waals surface area contributed by atoms with E-state index in [4.69, 9.17) is 0 Å². The molecule has 5 heteroatoms. The van der Waals surface area contributed by atoms with Crippen molar-refractivity contribution in [2.75, 3.05) is 0 Å². The van der Waals surface area contributed by atoms with Gasteiger partial charge < -0.3 is 5.32 Å². The molecule has 0 bridgehead atoms. The van der Waals surface area contributed by atoms with Crippen molar-refractivity contribution in [2.45, 2.75) is 33.7 Å². The van der Waals surface area contributed by atoms with E-state index in [1.165, 1.54) is 11.6 Å². The molecule has 0 saturated carbocycles. The Morgan fingerprint density at radius 3 is 2.30 bits per heavy atom. The Hall–Kier alpha value is -2.69. The number of nitrogens with zero attached hydrogens (tertiary/aromatic N) is 1. The Balaban J connectivity index is 2.19. The van der Waals surface area contributed by atoms with Crippen molar-refractivity contribution in [3.8, 4) is 0 Å². The molecule has 2 rings (SSSR count). The fraction of sp³-hybridized carbons (Fsp3) is 0.278. The molecule has 1 atom stereocenters. The lowest BCUT2D eigenvalue weighted by atomic mass is 10.0. The number of hydrogen-bond acceptors (Lipinski definition) is 3. The standard InChI is InChI=1S/C18H20N2O3/c1-11-5-7-15(9-13(11)3)14(4)19-18(21)16-8-6-12(2)17(10-16)20(22)23/h5-10,14H,1-4H3,(H,19,21). The first kappa shape index (κ1) is 16.7. The molecule has 0 heterocycles. The largest absolute Gasteiger partial charge is 0.346 e. The number of nitrogens with one attached hydrogen (secondary N) is 1. The van der Waals surface area contributed by atoms with Crippen LogP contribution in [0.25, 0.3) is 0 Å². The number of rotatable bonds is 4. The van der Waals surface area contributed by atoms with Gasteiger partial charge in [0.25, 0.3) is 11.6 Å². The van der Waals surface area contributed by atoms with Crippen LogP contribution in [0.3, 0.4) is 0 Å². The molecule has 2 aromatic carbocycles. The normalized spacial score (nSPS) is 11.8. The summed E-state index contributed by atoms with van der Waals surface area (Å²) in [7, 11) is 0. The Kier molecular flexibility index (Phi) is 4.79. The van der Waals surface area contributed by atoms with Crippen molar-refractivity contribution in [3.63, 3.8) is 0 Å². The van der Waals surface area contributed by atoms with Gasteiger partial charge in [0.1, 0.15) is 0 Å². The van der Waals surface area contributed by atoms with Gasteiger partial charge in [0, 0.05) is 17.2 Å². The smallest absolute Gasteiger partial charge is 0.273 e. The summed E-state index contributed by atoms with van der Waals surface area (Å²) in [6.45, 7) is 7.60. The zero-order chi connectivity index (χ0) is 17.1. The van der Waals surface area contributed by atoms with Gasteiger partial charge in [-0.3, -0.25) is 14.9 Å². The van der Waals surface area contributed by atoms with E-state index in [0.29, 0.717) is 5.56 Å². The van der Waals surface area contributed by atoms with Gasteiger partial charge in [-0.15, -0.1) is 0 Å². The molecule has 0 aromatic heterocycles. The average Bonchev–Trinajstić information content (AvgIpc) is 2.49. The lowest BCUT2D eigenvalue weighted by molar-refractivity contribution is -0.385. The van der Waals surface area contributed by atoms with E-state index >= 15 is 0 Å². The van der Waals surface area contributed by atoms with Crippen molar-refractivity contribution in [1.82, 2.24) is 5.32 Å². The molecule has 0 aliphatic carbocycles. The molecule has 0 radical (unpaired) electrons. The molecule has 1 N–H and O–H groups in total. The van der Waals surface area contributed by atoms with E-state index in [0.717, 1.165) is 11.1 Å². The van der Waals surface area contributed by atoms with E-state index < -0.39 is 4.92 Å². The van der Waals surface area contributed by atoms with Crippen LogP contribution in [0.5, 0.6) is 0 Å². The average molecular weight is 312 g/mol. The highest BCUT2D eigenvalue weighted by molar-refractivity contribution is 5.95. The number of nitro benzene ring substituents is 1. The fourth-order valence-electron chi connectivity index (χ4n) is 2.34. The number of carbonyl (C=O) groups is 1. The lowest BCUT2D eigenvalue weighted by Gasteiger charge is -2.16. The first-order valence-electron chi connectivity index (χ1n) is 7.42. The minimum Gasteiger partial charge on any atom is -0.346 e. The fourth-order valence-corrected chi connectivity index (χ4v) is 2.34. The van der Waals surface area contributed by atoms with Crippen molar-refractivity contribution < 1.29 is 9.72 Å². The summed E-state index contributed by atoms with van der Waals surface area (Å²) >= 11 is 0. The Morgan fingerprint density at radius 2 is 1.70 bits per heavy atom. The van der Waals surface area contributed by atoms with Gasteiger partial charge in [-0.05, 0) is 50.5 Å². The summed E-state index contributed by atoms with van der Waals surface area (Å²) in [5, 5.41) is 13.9. The summed E-state index contributed by atoms with van der Waals surface area (Å²) in [6, 6.07) is 10.4. The third-order valence-corrected chi connectivity index (χ3v) is 4.05. The SMILES string of the molecule is Cc1ccc(C(C)NC(=O)c2ccc(C)c([N+](=O)[O-])c2)cc1C. The van der Waals surface area contributed by atoms with Crippen LogP contribution in [0.1, 0.15) is 45.6 Å². The molecule has 23 heavy (non-hydrogen) atoms. The molecule has 5 nitrogen and oxygen atoms in total. The van der Waals surface area contributed by atoms with Gasteiger partial charge in [0.2, 0.25) is 0 Å². The molecule has 0 spiro atoms. The highest BCUT2D eigenvalue weighted by atomic mass is 16.6. The second-order valence-electron chi connectivity index (χ2n) is 5.80. The summed E-state index contributed by atoms with van der Waals surface area (Å²) < 4.78 is 0. The second-order valence-corrected chi connectivity index (χ2v) is 5.80. The Labute approximate surface area is 135 Å². The minimum absolute atomic E-state index is 0.0449. The van der Waals surface area contributed by atoms with Crippen LogP contribution in [0.2, 0.25) is 0 Å². The molecule has 0 aliphatic rings. The maximum atomic E-state index is 12.3. The predicted molar refractivity (Wildman–Crippen MR) is 89.6 cm³/mol. The van der Waals surface area contributed by atoms with Crippen LogP contribution in [-0.4, -0.2) is 10.8 Å². The number of nitro groups is 1. The highest BCUT2D eigenvalue weighted by Gasteiger charge is 2.17. The van der Waals surface area contributed by atoms with Crippen LogP contribution >= 0.6 is 0 Å². The number of hydrogen-bond donors (Lipinski definition) is 1. The van der Waals surface area contributed by atoms with Gasteiger partial charge in [0.15, 0.2) is 0 Å². The summed E-state index contributed by atoms with van der Waals surface area (Å²) in [4.78, 5) is 22.8. The predicted octanol–water partition coefficient (Wildman–Crippen LogP) is 4.01. The van der Waals surface area contributed by atoms with Crippen molar-refractivity contribution in [3.05, 3.63) is 74.3 Å². The van der Waals surface area contributed by atoms with Crippen molar-refractivity contribution in [2.24, 2.45) is 0 Å². The van der Waals surface area contributed by atoms with Gasteiger partial charge in [-0.25, -0.2) is 0 Å². The van der Waals surface area contributed by atoms with Gasteiger partial charge in [-0.1, -0.05) is 24.3 Å². The minimum atomic E-state index is -0.473. The zero-order valence-corrected chi connectivity index (χ0v) is 13.7. The molecule has 0 aliphatic heterocycles. The quantitative estimate of drug-likeness (QED) is 0.685. The third-order valence-electron chi connectivity index (χ3n) is 4.05. The maximum Gasteiger partial charge on any atom is 0.273 e. The molecule has 0 fully saturated rings. The van der Waals surface area contributed by atoms with Gasteiger partial charge in [-0.2, -0.15) is 0 Å². The van der Waals surface area contributed by atoms with Crippen LogP contribution < -0.4 is 5.32 Å². The van der Waals surface area contributed by atoms with Crippen LogP contribution in [0.15, 0.2) is 36.4 Å². The van der Waals surface area contributed by atoms with E-state index in [9.17, 15) is 14.9 Å². The van der Waals surface area contributed by atoms with Crippen molar-refractivity contribution in [1.29, 1.82) is 0 Å². The van der Waals surface area contributed by atoms with Gasteiger partial charge in [0.05, 0.1) is 11.0 Å². The number of aryl methyl sites for hydroxylation is 3. The van der Waals surface area contributed by atoms with Crippen molar-refractivity contribution >= 4 is 11.6 Å². The second kappa shape index (κ2) is 6.60. The number of benzene rings is 2. The molecule has 120 valence electrons. The Bertz CT molecular complexity index is 769. The zero-order valence-electron chi connectivity index (χ0n) is 13.7. The number of amides is 1. The van der Waals surface area contributed by atoms with Gasteiger partial charge >= 0.3 is 0 Å². The van der Waals surface area contributed by atoms with E-state index in [1.54, 1.807) is 19.1 Å². The van der Waals surface area contributed by atoms with Crippen LogP contribution in [-0.2, 0) is 0 Å². The van der Waals surface area contributed by atoms with Crippen LogP contribution in [0.4, 0.5) is 5.69 Å². The molecular weight excluding hydrogens is 292 g/mol. The summed E-state index contributed by atoms with van der Waals surface area (Å²) in [5.41, 5.74) is 4.14. The topological polar surface area (TPSA) is 72.2 Å². The summed E-state index contributed by atoms with van der Waals surface area (Å²) in [6.07, 6.45) is 0. The third kappa shape index (κ3) is 3.74. The maximum absolute atomic E-state index is 12.3. The summed E-state index contributed by atoms with van der Waals surface area (Å²) in [5.74, 6) is -0.321. The lowest BCUT2D eigenvalue weighted by Crippen LogP contribution is -2.26. The first-order valence-corrected chi connectivity index (χ1v) is 7.42. The molecule has 1 amide bonds. The molecule has 0 saturated heterocycles.